The molecule has 8 heteroatoms. The first-order chi connectivity index (χ1) is 11.3. The fraction of sp³-hybridized carbons (Fsp3) is 0.312. The van der Waals surface area contributed by atoms with Crippen LogP contribution >= 0.6 is 15.9 Å². The van der Waals surface area contributed by atoms with Crippen LogP contribution in [0.3, 0.4) is 0 Å². The van der Waals surface area contributed by atoms with E-state index in [1.807, 2.05) is 18.2 Å². The second kappa shape index (κ2) is 5.94. The van der Waals surface area contributed by atoms with Crippen molar-refractivity contribution in [2.24, 2.45) is 0 Å². The second-order valence-corrected chi connectivity index (χ2v) is 6.99. The summed E-state index contributed by atoms with van der Waals surface area (Å²) in [5.41, 5.74) is 0.0644. The van der Waals surface area contributed by atoms with E-state index in [9.17, 15) is 14.7 Å². The van der Waals surface area contributed by atoms with E-state index in [-0.39, 0.29) is 12.5 Å². The van der Waals surface area contributed by atoms with Gasteiger partial charge in [-0.3, -0.25) is 9.48 Å². The van der Waals surface area contributed by atoms with Crippen LogP contribution in [0.1, 0.15) is 25.3 Å². The fourth-order valence-electron chi connectivity index (χ4n) is 2.42. The van der Waals surface area contributed by atoms with Crippen LogP contribution in [-0.2, 0) is 15.1 Å². The van der Waals surface area contributed by atoms with Crippen LogP contribution in [-0.4, -0.2) is 33.4 Å². The Morgan fingerprint density at radius 1 is 1.46 bits per heavy atom. The van der Waals surface area contributed by atoms with Crippen molar-refractivity contribution in [3.8, 4) is 5.75 Å². The third-order valence-corrected chi connectivity index (χ3v) is 4.51. The molecule has 1 atom stereocenters. The van der Waals surface area contributed by atoms with E-state index in [4.69, 9.17) is 4.74 Å². The first kappa shape index (κ1) is 16.5. The van der Waals surface area contributed by atoms with Gasteiger partial charge in [0.1, 0.15) is 18.3 Å². The highest BCUT2D eigenvalue weighted by Gasteiger charge is 2.32. The van der Waals surface area contributed by atoms with Gasteiger partial charge < -0.3 is 15.2 Å². The summed E-state index contributed by atoms with van der Waals surface area (Å²) >= 11 is 3.39. The Kier molecular flexibility index (Phi) is 4.08. The Morgan fingerprint density at radius 2 is 2.21 bits per heavy atom. The van der Waals surface area contributed by atoms with Gasteiger partial charge in [0, 0.05) is 16.2 Å². The Morgan fingerprint density at radius 3 is 2.92 bits per heavy atom. The molecular weight excluding hydrogens is 378 g/mol. The van der Waals surface area contributed by atoms with Crippen LogP contribution in [0.4, 0.5) is 5.69 Å². The summed E-state index contributed by atoms with van der Waals surface area (Å²) in [4.78, 5) is 23.8. The van der Waals surface area contributed by atoms with E-state index in [1.54, 1.807) is 0 Å². The molecule has 0 saturated heterocycles. The maximum absolute atomic E-state index is 12.5. The van der Waals surface area contributed by atoms with Crippen LogP contribution in [0.2, 0.25) is 0 Å². The molecule has 1 amide bonds. The molecule has 2 aromatic rings. The van der Waals surface area contributed by atoms with Gasteiger partial charge >= 0.3 is 5.97 Å². The smallest absolute Gasteiger partial charge is 0.331 e. The molecule has 2 N–H and O–H groups in total. The number of rotatable bonds is 4. The van der Waals surface area contributed by atoms with Gasteiger partial charge in [0.25, 0.3) is 0 Å². The number of anilines is 1. The monoisotopic (exact) mass is 393 g/mol. The van der Waals surface area contributed by atoms with Crippen LogP contribution in [0.5, 0.6) is 5.75 Å². The van der Waals surface area contributed by atoms with Crippen LogP contribution in [0, 0.1) is 0 Å². The number of aliphatic carboxylic acids is 1. The summed E-state index contributed by atoms with van der Waals surface area (Å²) in [7, 11) is 0. The average Bonchev–Trinajstić information content (AvgIpc) is 3.13. The summed E-state index contributed by atoms with van der Waals surface area (Å²) in [6, 6.07) is 5.54. The van der Waals surface area contributed by atoms with Crippen molar-refractivity contribution in [3.63, 3.8) is 0 Å². The number of amides is 1. The van der Waals surface area contributed by atoms with E-state index < -0.39 is 17.4 Å². The molecule has 0 saturated carbocycles. The minimum atomic E-state index is -1.20. The number of nitrogens with zero attached hydrogens (tertiary/aromatic N) is 2. The third kappa shape index (κ3) is 2.89. The molecule has 1 aromatic carbocycles. The number of carbonyl (C=O) groups is 2. The van der Waals surface area contributed by atoms with Crippen molar-refractivity contribution in [1.29, 1.82) is 0 Å². The molecule has 0 aliphatic carbocycles. The molecule has 1 unspecified atom stereocenters. The highest BCUT2D eigenvalue weighted by molar-refractivity contribution is 9.10. The van der Waals surface area contributed by atoms with Crippen molar-refractivity contribution in [1.82, 2.24) is 9.78 Å². The van der Waals surface area contributed by atoms with Crippen LogP contribution in [0.15, 0.2) is 35.1 Å². The highest BCUT2D eigenvalue weighted by atomic mass is 79.9. The summed E-state index contributed by atoms with van der Waals surface area (Å²) < 4.78 is 7.72. The quantitative estimate of drug-likeness (QED) is 0.832. The zero-order valence-corrected chi connectivity index (χ0v) is 14.7. The van der Waals surface area contributed by atoms with E-state index in [0.29, 0.717) is 11.4 Å². The molecule has 0 bridgehead atoms. The van der Waals surface area contributed by atoms with Gasteiger partial charge in [-0.15, -0.1) is 0 Å². The normalized spacial score (nSPS) is 16.4. The van der Waals surface area contributed by atoms with Crippen molar-refractivity contribution in [3.05, 3.63) is 40.6 Å². The number of hydrogen-bond acceptors (Lipinski definition) is 4. The highest BCUT2D eigenvalue weighted by Crippen LogP contribution is 2.36. The number of benzene rings is 1. The molecule has 0 fully saturated rings. The lowest BCUT2D eigenvalue weighted by Crippen LogP contribution is -2.35. The lowest BCUT2D eigenvalue weighted by atomic mass is 10.0. The van der Waals surface area contributed by atoms with Crippen molar-refractivity contribution < 1.29 is 19.4 Å². The Hall–Kier alpha value is -2.35. The molecule has 1 aliphatic rings. The van der Waals surface area contributed by atoms with Gasteiger partial charge in [0.15, 0.2) is 5.54 Å². The number of ether oxygens (including phenoxy) is 1. The number of carboxylic acids is 1. The molecule has 0 radical (unpaired) electrons. The van der Waals surface area contributed by atoms with E-state index >= 15 is 0 Å². The third-order valence-electron chi connectivity index (χ3n) is 4.02. The molecule has 3 rings (SSSR count). The minimum Gasteiger partial charge on any atom is -0.492 e. The lowest BCUT2D eigenvalue weighted by molar-refractivity contribution is -0.146. The van der Waals surface area contributed by atoms with Gasteiger partial charge in [-0.2, -0.15) is 5.10 Å². The molecule has 1 aliphatic heterocycles. The van der Waals surface area contributed by atoms with Crippen molar-refractivity contribution in [2.75, 3.05) is 11.9 Å². The molecular formula is C16H16BrN3O4. The molecule has 7 nitrogen and oxygen atoms in total. The second-order valence-electron chi connectivity index (χ2n) is 6.07. The Balaban J connectivity index is 1.77. The Labute approximate surface area is 146 Å². The molecule has 24 heavy (non-hydrogen) atoms. The number of fused-ring (bicyclic) bond motifs is 1. The van der Waals surface area contributed by atoms with Crippen molar-refractivity contribution >= 4 is 33.5 Å². The number of aromatic nitrogens is 2. The molecule has 0 spiro atoms. The van der Waals surface area contributed by atoms with E-state index in [2.05, 4.69) is 26.3 Å². The van der Waals surface area contributed by atoms with Gasteiger partial charge in [-0.25, -0.2) is 4.79 Å². The fourth-order valence-corrected chi connectivity index (χ4v) is 2.80. The van der Waals surface area contributed by atoms with Gasteiger partial charge in [0.05, 0.1) is 11.9 Å². The standard InChI is InChI=1S/C16H16BrN3O4/c1-16(2,15(22)23)20-7-10(6-18-20)19-14(21)12-8-24-13-4-3-9(17)5-11(12)13/h3-7,12H,8H2,1-2H3,(H,19,21)(H,22,23). The number of hydrogen-bond donors (Lipinski definition) is 2. The number of carbonyl (C=O) groups excluding carboxylic acids is 1. The largest absolute Gasteiger partial charge is 0.492 e. The predicted molar refractivity (Wildman–Crippen MR) is 90.2 cm³/mol. The molecule has 126 valence electrons. The zero-order valence-electron chi connectivity index (χ0n) is 13.1. The first-order valence-corrected chi connectivity index (χ1v) is 8.10. The van der Waals surface area contributed by atoms with Gasteiger partial charge in [0.2, 0.25) is 5.91 Å². The van der Waals surface area contributed by atoms with Gasteiger partial charge in [-0.1, -0.05) is 15.9 Å². The van der Waals surface area contributed by atoms with E-state index in [0.717, 1.165) is 10.0 Å². The first-order valence-electron chi connectivity index (χ1n) is 7.30. The van der Waals surface area contributed by atoms with Gasteiger partial charge in [-0.05, 0) is 32.0 Å². The number of carboxylic acid groups (broad SMARTS) is 1. The maximum atomic E-state index is 12.5. The molecule has 1 aromatic heterocycles. The van der Waals surface area contributed by atoms with Crippen LogP contribution in [0.25, 0.3) is 0 Å². The van der Waals surface area contributed by atoms with Crippen LogP contribution < -0.4 is 10.1 Å². The summed E-state index contributed by atoms with van der Waals surface area (Å²) in [6.45, 7) is 3.34. The maximum Gasteiger partial charge on any atom is 0.331 e. The van der Waals surface area contributed by atoms with E-state index in [1.165, 1.54) is 30.9 Å². The zero-order chi connectivity index (χ0) is 17.5. The Bertz CT molecular complexity index is 815. The number of nitrogens with one attached hydrogen (secondary N) is 1. The topological polar surface area (TPSA) is 93.5 Å². The average molecular weight is 394 g/mol. The minimum absolute atomic E-state index is 0.223. The van der Waals surface area contributed by atoms with Crippen molar-refractivity contribution in [2.45, 2.75) is 25.3 Å². The SMILES string of the molecule is CC(C)(C(=O)O)n1cc(NC(=O)C2COc3ccc(Br)cc32)cn1. The summed E-state index contributed by atoms with van der Waals surface area (Å²) in [5, 5.41) is 16.0. The lowest BCUT2D eigenvalue weighted by Gasteiger charge is -2.19. The number of halogens is 1. The summed E-state index contributed by atoms with van der Waals surface area (Å²) in [5.74, 6) is -0.958. The molecule has 2 heterocycles. The summed E-state index contributed by atoms with van der Waals surface area (Å²) in [6.07, 6.45) is 2.93. The predicted octanol–water partition coefficient (Wildman–Crippen LogP) is 2.58.